The van der Waals surface area contributed by atoms with Gasteiger partial charge in [0.2, 0.25) is 0 Å². The topological polar surface area (TPSA) is 54.5 Å². The molecule has 0 radical (unpaired) electrons. The van der Waals surface area contributed by atoms with Gasteiger partial charge in [0.1, 0.15) is 0 Å². The summed E-state index contributed by atoms with van der Waals surface area (Å²) in [5.41, 5.74) is 0. The molecule has 4 saturated heterocycles. The molecule has 4 aliphatic heterocycles. The Hall–Kier alpha value is -0.340. The van der Waals surface area contributed by atoms with Crippen molar-refractivity contribution in [3.63, 3.8) is 0 Å². The van der Waals surface area contributed by atoms with Crippen molar-refractivity contribution in [2.75, 3.05) is 52.6 Å². The molecule has 7 heteroatoms. The first kappa shape index (κ1) is 18.0. The van der Waals surface area contributed by atoms with E-state index in [2.05, 4.69) is 16.0 Å². The van der Waals surface area contributed by atoms with Crippen LogP contribution in [0.5, 0.6) is 0 Å². The Bertz CT molecular complexity index is 271. The van der Waals surface area contributed by atoms with E-state index in [9.17, 15) is 8.78 Å². The Balaban J connectivity index is 0.000000122. The molecule has 0 aromatic carbocycles. The molecule has 0 aromatic rings. The van der Waals surface area contributed by atoms with Crippen LogP contribution in [0.15, 0.2) is 0 Å². The summed E-state index contributed by atoms with van der Waals surface area (Å²) in [5.74, 6) is -2.38. The zero-order valence-corrected chi connectivity index (χ0v) is 13.2. The normalized spacial score (nSPS) is 33.0. The molecule has 0 saturated carbocycles. The minimum Gasteiger partial charge on any atom is -0.379 e. The van der Waals surface area contributed by atoms with E-state index in [1.165, 1.54) is 12.8 Å². The summed E-state index contributed by atoms with van der Waals surface area (Å²) < 4.78 is 34.6. The van der Waals surface area contributed by atoms with E-state index in [4.69, 9.17) is 9.47 Å². The number of fused-ring (bicyclic) bond motifs is 2. The Morgan fingerprint density at radius 1 is 0.773 bits per heavy atom. The van der Waals surface area contributed by atoms with E-state index < -0.39 is 5.92 Å². The maximum Gasteiger partial charge on any atom is 0.250 e. The van der Waals surface area contributed by atoms with Crippen LogP contribution in [0.25, 0.3) is 0 Å². The largest absolute Gasteiger partial charge is 0.379 e. The first-order valence-electron chi connectivity index (χ1n) is 8.36. The predicted octanol–water partition coefficient (Wildman–Crippen LogP) is 0.749. The standard InChI is InChI=1S/C6H11NO.C5H9F2N.C4H9NO/c1-2-6-4-8-3-5(1)7-6;6-5(7)1-3-8-4-2-5;1-3-6-4-2-5-1/h5-7H,1-4H2;8H,1-4H2;5H,1-4H2. The molecule has 4 rings (SSSR count). The predicted molar refractivity (Wildman–Crippen MR) is 81.5 cm³/mol. The molecule has 0 spiro atoms. The van der Waals surface area contributed by atoms with E-state index in [1.807, 2.05) is 0 Å². The lowest BCUT2D eigenvalue weighted by Crippen LogP contribution is -2.41. The van der Waals surface area contributed by atoms with E-state index >= 15 is 0 Å². The average Bonchev–Trinajstić information content (AvgIpc) is 2.88. The van der Waals surface area contributed by atoms with Gasteiger partial charge in [-0.05, 0) is 12.8 Å². The molecule has 4 aliphatic rings. The van der Waals surface area contributed by atoms with Gasteiger partial charge in [-0.25, -0.2) is 8.78 Å². The van der Waals surface area contributed by atoms with Gasteiger partial charge < -0.3 is 25.4 Å². The Labute approximate surface area is 131 Å². The van der Waals surface area contributed by atoms with Crippen molar-refractivity contribution in [2.24, 2.45) is 0 Å². The second-order valence-electron chi connectivity index (χ2n) is 6.14. The first-order valence-corrected chi connectivity index (χ1v) is 8.36. The minimum absolute atomic E-state index is 0.00694. The van der Waals surface area contributed by atoms with Gasteiger partial charge >= 0.3 is 0 Å². The summed E-state index contributed by atoms with van der Waals surface area (Å²) in [7, 11) is 0. The molecule has 2 bridgehead atoms. The van der Waals surface area contributed by atoms with E-state index in [-0.39, 0.29) is 12.8 Å². The lowest BCUT2D eigenvalue weighted by molar-refractivity contribution is -0.0274. The van der Waals surface area contributed by atoms with Crippen molar-refractivity contribution in [1.82, 2.24) is 16.0 Å². The molecule has 5 nitrogen and oxygen atoms in total. The highest BCUT2D eigenvalue weighted by Crippen LogP contribution is 2.23. The molecule has 0 amide bonds. The van der Waals surface area contributed by atoms with Crippen LogP contribution in [0, 0.1) is 0 Å². The van der Waals surface area contributed by atoms with Gasteiger partial charge in [0, 0.05) is 51.1 Å². The number of hydrogen-bond acceptors (Lipinski definition) is 5. The maximum atomic E-state index is 12.2. The summed E-state index contributed by atoms with van der Waals surface area (Å²) in [6, 6.07) is 1.38. The minimum atomic E-state index is -2.38. The van der Waals surface area contributed by atoms with Crippen LogP contribution in [0.4, 0.5) is 8.78 Å². The number of piperidine rings is 1. The zero-order valence-electron chi connectivity index (χ0n) is 13.2. The van der Waals surface area contributed by atoms with Crippen LogP contribution >= 0.6 is 0 Å². The summed E-state index contributed by atoms with van der Waals surface area (Å²) in [6.45, 7) is 6.65. The van der Waals surface area contributed by atoms with E-state index in [0.717, 1.165) is 39.5 Å². The maximum absolute atomic E-state index is 12.2. The molecule has 3 N–H and O–H groups in total. The van der Waals surface area contributed by atoms with Crippen molar-refractivity contribution in [1.29, 1.82) is 0 Å². The number of ether oxygens (including phenoxy) is 2. The highest BCUT2D eigenvalue weighted by Gasteiger charge is 2.30. The van der Waals surface area contributed by atoms with Crippen LogP contribution < -0.4 is 16.0 Å². The fourth-order valence-electron chi connectivity index (χ4n) is 2.83. The van der Waals surface area contributed by atoms with Crippen LogP contribution in [0.3, 0.4) is 0 Å². The van der Waals surface area contributed by atoms with Gasteiger partial charge in [0.15, 0.2) is 0 Å². The van der Waals surface area contributed by atoms with E-state index in [1.54, 1.807) is 0 Å². The third-order valence-electron chi connectivity index (χ3n) is 4.15. The zero-order chi connectivity index (χ0) is 15.7. The quantitative estimate of drug-likeness (QED) is 0.615. The second kappa shape index (κ2) is 9.72. The van der Waals surface area contributed by atoms with Gasteiger partial charge in [-0.15, -0.1) is 0 Å². The van der Waals surface area contributed by atoms with Gasteiger partial charge in [-0.1, -0.05) is 0 Å². The number of rotatable bonds is 0. The Kier molecular flexibility index (Phi) is 7.96. The van der Waals surface area contributed by atoms with Crippen LogP contribution in [-0.4, -0.2) is 70.6 Å². The van der Waals surface area contributed by atoms with Crippen LogP contribution in [0.1, 0.15) is 25.7 Å². The third kappa shape index (κ3) is 7.28. The molecule has 0 aromatic heterocycles. The highest BCUT2D eigenvalue weighted by molar-refractivity contribution is 4.86. The lowest BCUT2D eigenvalue weighted by atomic mass is 10.1. The molecule has 4 heterocycles. The first-order chi connectivity index (χ1) is 10.7. The van der Waals surface area contributed by atoms with Crippen molar-refractivity contribution in [2.45, 2.75) is 43.7 Å². The monoisotopic (exact) mass is 321 g/mol. The molecule has 2 unspecified atom stereocenters. The molecule has 22 heavy (non-hydrogen) atoms. The molecular weight excluding hydrogens is 292 g/mol. The van der Waals surface area contributed by atoms with E-state index in [0.29, 0.717) is 25.2 Å². The Morgan fingerprint density at radius 3 is 1.64 bits per heavy atom. The lowest BCUT2D eigenvalue weighted by Gasteiger charge is -2.21. The van der Waals surface area contributed by atoms with Gasteiger partial charge in [0.25, 0.3) is 5.92 Å². The summed E-state index contributed by atoms with van der Waals surface area (Å²) in [5, 5.41) is 9.49. The van der Waals surface area contributed by atoms with Crippen molar-refractivity contribution >= 4 is 0 Å². The molecule has 2 atom stereocenters. The third-order valence-corrected chi connectivity index (χ3v) is 4.15. The molecular formula is C15H29F2N3O2. The van der Waals surface area contributed by atoms with Gasteiger partial charge in [-0.2, -0.15) is 0 Å². The fraction of sp³-hybridized carbons (Fsp3) is 1.00. The molecule has 130 valence electrons. The smallest absolute Gasteiger partial charge is 0.250 e. The number of nitrogens with one attached hydrogen (secondary N) is 3. The fourth-order valence-corrected chi connectivity index (χ4v) is 2.83. The average molecular weight is 321 g/mol. The van der Waals surface area contributed by atoms with Crippen molar-refractivity contribution < 1.29 is 18.3 Å². The van der Waals surface area contributed by atoms with Crippen LogP contribution in [-0.2, 0) is 9.47 Å². The number of morpholine rings is 2. The van der Waals surface area contributed by atoms with Gasteiger partial charge in [0.05, 0.1) is 26.4 Å². The second-order valence-corrected chi connectivity index (χ2v) is 6.14. The SMILES string of the molecule is C1CC2COCC1N2.C1COCCN1.FC1(F)CCNCC1. The Morgan fingerprint density at radius 2 is 1.32 bits per heavy atom. The van der Waals surface area contributed by atoms with Crippen LogP contribution in [0.2, 0.25) is 0 Å². The number of hydrogen-bond donors (Lipinski definition) is 3. The number of halogens is 2. The van der Waals surface area contributed by atoms with Crippen molar-refractivity contribution in [3.05, 3.63) is 0 Å². The molecule has 4 fully saturated rings. The number of alkyl halides is 2. The highest BCUT2D eigenvalue weighted by atomic mass is 19.3. The molecule has 0 aliphatic carbocycles. The van der Waals surface area contributed by atoms with Gasteiger partial charge in [-0.3, -0.25) is 0 Å². The van der Waals surface area contributed by atoms with Crippen molar-refractivity contribution in [3.8, 4) is 0 Å². The summed E-state index contributed by atoms with van der Waals surface area (Å²) >= 11 is 0. The summed E-state index contributed by atoms with van der Waals surface area (Å²) in [6.07, 6.45) is 2.66. The summed E-state index contributed by atoms with van der Waals surface area (Å²) in [4.78, 5) is 0.